The van der Waals surface area contributed by atoms with Crippen molar-refractivity contribution in [2.45, 2.75) is 18.2 Å². The summed E-state index contributed by atoms with van der Waals surface area (Å²) >= 11 is 0. The van der Waals surface area contributed by atoms with Gasteiger partial charge in [0.25, 0.3) is 0 Å². The standard InChI is InChI=1S/C15H19NO4S/c1-11-10-13(20-9-5-8-19-2)12-6-4-7-14(15(12)16-11)21(3,17)18/h4,6-7,10H,5,8-9H2,1-3H3. The third kappa shape index (κ3) is 3.71. The zero-order valence-corrected chi connectivity index (χ0v) is 13.2. The zero-order chi connectivity index (χ0) is 15.5. The Morgan fingerprint density at radius 2 is 2.00 bits per heavy atom. The van der Waals surface area contributed by atoms with E-state index in [9.17, 15) is 8.42 Å². The summed E-state index contributed by atoms with van der Waals surface area (Å²) in [5, 5.41) is 0.709. The molecular weight excluding hydrogens is 290 g/mol. The Morgan fingerprint density at radius 3 is 2.67 bits per heavy atom. The Bertz CT molecular complexity index is 741. The van der Waals surface area contributed by atoms with Gasteiger partial charge in [0.1, 0.15) is 5.75 Å². The normalized spacial score (nSPS) is 11.8. The van der Waals surface area contributed by atoms with E-state index in [1.165, 1.54) is 6.26 Å². The average molecular weight is 309 g/mol. The molecular formula is C15H19NO4S. The van der Waals surface area contributed by atoms with Gasteiger partial charge in [-0.15, -0.1) is 0 Å². The van der Waals surface area contributed by atoms with Crippen LogP contribution in [0.3, 0.4) is 0 Å². The summed E-state index contributed by atoms with van der Waals surface area (Å²) in [5.41, 5.74) is 1.18. The molecule has 1 aromatic heterocycles. The van der Waals surface area contributed by atoms with E-state index in [0.29, 0.717) is 29.9 Å². The molecule has 1 aromatic carbocycles. The Labute approximate surface area is 124 Å². The summed E-state index contributed by atoms with van der Waals surface area (Å²) in [6.45, 7) is 2.95. The van der Waals surface area contributed by atoms with Crippen LogP contribution in [-0.4, -0.2) is 40.0 Å². The molecule has 21 heavy (non-hydrogen) atoms. The van der Waals surface area contributed by atoms with E-state index in [2.05, 4.69) is 4.98 Å². The van der Waals surface area contributed by atoms with Crippen LogP contribution < -0.4 is 4.74 Å². The number of hydrogen-bond donors (Lipinski definition) is 0. The first kappa shape index (κ1) is 15.7. The number of fused-ring (bicyclic) bond motifs is 1. The predicted molar refractivity (Wildman–Crippen MR) is 81.6 cm³/mol. The van der Waals surface area contributed by atoms with Gasteiger partial charge in [-0.2, -0.15) is 0 Å². The molecule has 0 atom stereocenters. The lowest BCUT2D eigenvalue weighted by Crippen LogP contribution is -2.04. The third-order valence-electron chi connectivity index (χ3n) is 3.04. The smallest absolute Gasteiger partial charge is 0.177 e. The van der Waals surface area contributed by atoms with Crippen LogP contribution in [0, 0.1) is 6.92 Å². The number of benzene rings is 1. The first-order valence-corrected chi connectivity index (χ1v) is 8.55. The topological polar surface area (TPSA) is 65.5 Å². The van der Waals surface area contributed by atoms with Gasteiger partial charge in [0.2, 0.25) is 0 Å². The van der Waals surface area contributed by atoms with Gasteiger partial charge in [0.05, 0.1) is 17.0 Å². The van der Waals surface area contributed by atoms with Gasteiger partial charge in [0, 0.05) is 43.5 Å². The highest BCUT2D eigenvalue weighted by atomic mass is 32.2. The van der Waals surface area contributed by atoms with Crippen LogP contribution in [0.2, 0.25) is 0 Å². The Hall–Kier alpha value is -1.66. The Morgan fingerprint density at radius 1 is 1.24 bits per heavy atom. The van der Waals surface area contributed by atoms with Crippen LogP contribution >= 0.6 is 0 Å². The number of rotatable bonds is 6. The number of pyridine rings is 1. The van der Waals surface area contributed by atoms with Crippen LogP contribution in [0.1, 0.15) is 12.1 Å². The summed E-state index contributed by atoms with van der Waals surface area (Å²) < 4.78 is 34.5. The summed E-state index contributed by atoms with van der Waals surface area (Å²) in [6.07, 6.45) is 1.95. The Balaban J connectivity index is 2.47. The van der Waals surface area contributed by atoms with Gasteiger partial charge in [-0.25, -0.2) is 8.42 Å². The van der Waals surface area contributed by atoms with Crippen LogP contribution in [0.25, 0.3) is 10.9 Å². The highest BCUT2D eigenvalue weighted by Crippen LogP contribution is 2.29. The number of para-hydroxylation sites is 1. The number of nitrogens with zero attached hydrogens (tertiary/aromatic N) is 1. The predicted octanol–water partition coefficient (Wildman–Crippen LogP) is 2.36. The molecule has 0 aliphatic rings. The van der Waals surface area contributed by atoms with Crippen molar-refractivity contribution in [2.75, 3.05) is 26.6 Å². The number of aromatic nitrogens is 1. The number of methoxy groups -OCH3 is 1. The number of aryl methyl sites for hydroxylation is 1. The molecule has 0 radical (unpaired) electrons. The van der Waals surface area contributed by atoms with E-state index in [1.807, 2.05) is 19.1 Å². The molecule has 0 N–H and O–H groups in total. The minimum atomic E-state index is -3.33. The molecule has 6 heteroatoms. The number of hydrogen-bond acceptors (Lipinski definition) is 5. The van der Waals surface area contributed by atoms with Crippen molar-refractivity contribution in [3.05, 3.63) is 30.0 Å². The second kappa shape index (κ2) is 6.41. The molecule has 0 unspecified atom stereocenters. The fourth-order valence-electron chi connectivity index (χ4n) is 2.12. The van der Waals surface area contributed by atoms with Crippen LogP contribution in [0.5, 0.6) is 5.75 Å². The molecule has 0 spiro atoms. The van der Waals surface area contributed by atoms with Gasteiger partial charge in [-0.3, -0.25) is 4.98 Å². The summed E-state index contributed by atoms with van der Waals surface area (Å²) in [5.74, 6) is 0.652. The number of ether oxygens (including phenoxy) is 2. The first-order valence-electron chi connectivity index (χ1n) is 6.65. The largest absolute Gasteiger partial charge is 0.493 e. The maximum absolute atomic E-state index is 11.9. The van der Waals surface area contributed by atoms with Gasteiger partial charge in [0.15, 0.2) is 9.84 Å². The SMILES string of the molecule is COCCCOc1cc(C)nc2c(S(C)(=O)=O)cccc12. The Kier molecular flexibility index (Phi) is 4.80. The minimum Gasteiger partial charge on any atom is -0.493 e. The van der Waals surface area contributed by atoms with Crippen molar-refractivity contribution in [2.24, 2.45) is 0 Å². The van der Waals surface area contributed by atoms with E-state index in [4.69, 9.17) is 9.47 Å². The van der Waals surface area contributed by atoms with Crippen molar-refractivity contribution < 1.29 is 17.9 Å². The maximum Gasteiger partial charge on any atom is 0.177 e. The summed E-state index contributed by atoms with van der Waals surface area (Å²) in [6, 6.07) is 6.92. The van der Waals surface area contributed by atoms with Crippen molar-refractivity contribution >= 4 is 20.7 Å². The molecule has 0 aliphatic carbocycles. The molecule has 2 rings (SSSR count). The van der Waals surface area contributed by atoms with E-state index >= 15 is 0 Å². The average Bonchev–Trinajstić information content (AvgIpc) is 2.41. The lowest BCUT2D eigenvalue weighted by Gasteiger charge is -2.12. The molecule has 5 nitrogen and oxygen atoms in total. The lowest BCUT2D eigenvalue weighted by molar-refractivity contribution is 0.172. The molecule has 0 saturated heterocycles. The van der Waals surface area contributed by atoms with Crippen molar-refractivity contribution in [1.29, 1.82) is 0 Å². The molecule has 2 aromatic rings. The van der Waals surface area contributed by atoms with Crippen molar-refractivity contribution in [1.82, 2.24) is 4.98 Å². The van der Waals surface area contributed by atoms with E-state index in [1.54, 1.807) is 19.2 Å². The quantitative estimate of drug-likeness (QED) is 0.766. The molecule has 1 heterocycles. The molecule has 0 amide bonds. The van der Waals surface area contributed by atoms with E-state index < -0.39 is 9.84 Å². The molecule has 114 valence electrons. The molecule has 0 bridgehead atoms. The van der Waals surface area contributed by atoms with Crippen LogP contribution in [0.4, 0.5) is 0 Å². The van der Waals surface area contributed by atoms with Crippen molar-refractivity contribution in [3.8, 4) is 5.75 Å². The van der Waals surface area contributed by atoms with E-state index in [-0.39, 0.29) is 4.90 Å². The van der Waals surface area contributed by atoms with Gasteiger partial charge >= 0.3 is 0 Å². The number of sulfone groups is 1. The first-order chi connectivity index (χ1) is 9.93. The second-order valence-electron chi connectivity index (χ2n) is 4.88. The van der Waals surface area contributed by atoms with Crippen molar-refractivity contribution in [3.63, 3.8) is 0 Å². The van der Waals surface area contributed by atoms with Gasteiger partial charge in [-0.05, 0) is 19.1 Å². The molecule has 0 aliphatic heterocycles. The molecule has 0 saturated carbocycles. The summed E-state index contributed by atoms with van der Waals surface area (Å²) in [7, 11) is -1.69. The van der Waals surface area contributed by atoms with E-state index in [0.717, 1.165) is 12.1 Å². The summed E-state index contributed by atoms with van der Waals surface area (Å²) in [4.78, 5) is 4.59. The highest BCUT2D eigenvalue weighted by Gasteiger charge is 2.15. The van der Waals surface area contributed by atoms with Crippen LogP contribution in [0.15, 0.2) is 29.2 Å². The zero-order valence-electron chi connectivity index (χ0n) is 12.4. The monoisotopic (exact) mass is 309 g/mol. The lowest BCUT2D eigenvalue weighted by atomic mass is 10.2. The van der Waals surface area contributed by atoms with Gasteiger partial charge < -0.3 is 9.47 Å². The minimum absolute atomic E-state index is 0.227. The maximum atomic E-state index is 11.9. The fourth-order valence-corrected chi connectivity index (χ4v) is 2.95. The highest BCUT2D eigenvalue weighted by molar-refractivity contribution is 7.91. The van der Waals surface area contributed by atoms with Crippen LogP contribution in [-0.2, 0) is 14.6 Å². The fraction of sp³-hybridized carbons (Fsp3) is 0.400. The second-order valence-corrected chi connectivity index (χ2v) is 6.87. The van der Waals surface area contributed by atoms with Gasteiger partial charge in [-0.1, -0.05) is 6.07 Å². The molecule has 0 fully saturated rings. The third-order valence-corrected chi connectivity index (χ3v) is 4.17.